The molecule has 0 heterocycles. The molecular weight excluding hydrogens is 286 g/mol. The summed E-state index contributed by atoms with van der Waals surface area (Å²) in [6, 6.07) is 8.34. The first-order valence-corrected chi connectivity index (χ1v) is 8.75. The van der Waals surface area contributed by atoms with Crippen LogP contribution in [-0.2, 0) is 10.0 Å². The van der Waals surface area contributed by atoms with Gasteiger partial charge in [-0.25, -0.2) is 13.1 Å². The Bertz CT molecular complexity index is 537. The van der Waals surface area contributed by atoms with Gasteiger partial charge in [-0.15, -0.1) is 0 Å². The van der Waals surface area contributed by atoms with Gasteiger partial charge in [0.05, 0.1) is 25.9 Å². The zero-order valence-corrected chi connectivity index (χ0v) is 14.7. The third-order valence-corrected chi connectivity index (χ3v) is 5.43. The van der Waals surface area contributed by atoms with Crippen molar-refractivity contribution in [2.24, 2.45) is 0 Å². The monoisotopic (exact) mass is 314 g/mol. The van der Waals surface area contributed by atoms with Crippen molar-refractivity contribution < 1.29 is 13.3 Å². The highest BCUT2D eigenvalue weighted by Crippen LogP contribution is 2.16. The molecule has 120 valence electrons. The van der Waals surface area contributed by atoms with E-state index in [0.717, 1.165) is 11.3 Å². The summed E-state index contributed by atoms with van der Waals surface area (Å²) in [6.45, 7) is 3.78. The Hall–Kier alpha value is -1.11. The summed E-state index contributed by atoms with van der Waals surface area (Å²) >= 11 is 0. The van der Waals surface area contributed by atoms with E-state index in [-0.39, 0.29) is 6.04 Å². The Labute approximate surface area is 129 Å². The van der Waals surface area contributed by atoms with E-state index in [0.29, 0.717) is 6.54 Å². The van der Waals surface area contributed by atoms with Crippen LogP contribution >= 0.6 is 0 Å². The van der Waals surface area contributed by atoms with Gasteiger partial charge in [0.15, 0.2) is 0 Å². The number of nitrogens with zero attached hydrogens (tertiary/aromatic N) is 1. The summed E-state index contributed by atoms with van der Waals surface area (Å²) in [7, 11) is 4.84. The highest BCUT2D eigenvalue weighted by atomic mass is 32.2. The first-order chi connectivity index (χ1) is 9.65. The predicted octanol–water partition coefficient (Wildman–Crippen LogP) is 0.266. The van der Waals surface area contributed by atoms with Gasteiger partial charge in [-0.1, -0.05) is 12.1 Å². The lowest BCUT2D eigenvalue weighted by Gasteiger charge is -2.23. The third kappa shape index (κ3) is 4.98. The van der Waals surface area contributed by atoms with Gasteiger partial charge in [-0.3, -0.25) is 0 Å². The summed E-state index contributed by atoms with van der Waals surface area (Å²) in [4.78, 5) is 3.24. The van der Waals surface area contributed by atoms with E-state index < -0.39 is 15.3 Å². The van der Waals surface area contributed by atoms with Crippen molar-refractivity contribution in [2.75, 3.05) is 39.6 Å². The fourth-order valence-corrected chi connectivity index (χ4v) is 2.76. The number of rotatable bonds is 7. The van der Waals surface area contributed by atoms with Crippen LogP contribution in [0, 0.1) is 0 Å². The zero-order chi connectivity index (χ0) is 16.2. The first-order valence-electron chi connectivity index (χ1n) is 7.21. The molecule has 1 atom stereocenters. The second-order valence-corrected chi connectivity index (χ2v) is 8.38. The summed E-state index contributed by atoms with van der Waals surface area (Å²) in [5, 5.41) is -0.411. The fraction of sp³-hybridized carbons (Fsp3) is 0.600. The molecule has 0 saturated heterocycles. The molecule has 0 amide bonds. The lowest BCUT2D eigenvalue weighted by molar-refractivity contribution is -0.890. The van der Waals surface area contributed by atoms with Gasteiger partial charge in [-0.05, 0) is 26.0 Å². The van der Waals surface area contributed by atoms with Crippen LogP contribution in [0.2, 0.25) is 0 Å². The first kappa shape index (κ1) is 17.9. The molecule has 0 bridgehead atoms. The molecule has 0 fully saturated rings. The second-order valence-electron chi connectivity index (χ2n) is 6.06. The average Bonchev–Trinajstić information content (AvgIpc) is 2.38. The van der Waals surface area contributed by atoms with Crippen molar-refractivity contribution in [2.45, 2.75) is 25.1 Å². The molecule has 1 rings (SSSR count). The Kier molecular flexibility index (Phi) is 6.19. The summed E-state index contributed by atoms with van der Waals surface area (Å²) in [6.07, 6.45) is 0. The maximum Gasteiger partial charge on any atom is 0.214 e. The van der Waals surface area contributed by atoms with Crippen molar-refractivity contribution >= 4 is 15.7 Å². The number of likely N-dealkylation sites (N-methyl/N-ethyl adjacent to an activating group) is 1. The van der Waals surface area contributed by atoms with Crippen LogP contribution in [-0.4, -0.2) is 48.4 Å². The second kappa shape index (κ2) is 7.24. The molecule has 0 spiro atoms. The van der Waals surface area contributed by atoms with Crippen LogP contribution < -0.4 is 14.5 Å². The van der Waals surface area contributed by atoms with E-state index >= 15 is 0 Å². The van der Waals surface area contributed by atoms with Crippen LogP contribution in [0.4, 0.5) is 5.69 Å². The van der Waals surface area contributed by atoms with Gasteiger partial charge in [0.1, 0.15) is 6.04 Å². The number of hydrogen-bond donors (Lipinski definition) is 2. The Morgan fingerprint density at radius 1 is 1.14 bits per heavy atom. The van der Waals surface area contributed by atoms with Gasteiger partial charge in [0, 0.05) is 25.3 Å². The number of quaternary nitrogens is 1. The van der Waals surface area contributed by atoms with Crippen LogP contribution in [0.15, 0.2) is 24.3 Å². The minimum atomic E-state index is -3.23. The fourth-order valence-electron chi connectivity index (χ4n) is 2.03. The maximum absolute atomic E-state index is 11.9. The van der Waals surface area contributed by atoms with Crippen molar-refractivity contribution in [3.8, 4) is 0 Å². The molecule has 1 aromatic carbocycles. The van der Waals surface area contributed by atoms with E-state index in [4.69, 9.17) is 0 Å². The average molecular weight is 314 g/mol. The van der Waals surface area contributed by atoms with Gasteiger partial charge in [0.25, 0.3) is 0 Å². The van der Waals surface area contributed by atoms with Crippen molar-refractivity contribution in [3.05, 3.63) is 29.8 Å². The standard InChI is InChI=1S/C15H27N3O2S/c1-12(2)21(19,20)16-11-15(18(5)6)13-7-9-14(10-8-13)17(3)4/h7-10,12,15-16H,11H2,1-6H3/p+1/t15-/m1/s1. The molecule has 1 aromatic rings. The maximum atomic E-state index is 11.9. The summed E-state index contributed by atoms with van der Waals surface area (Å²) < 4.78 is 26.5. The third-order valence-electron chi connectivity index (χ3n) is 3.62. The van der Waals surface area contributed by atoms with Gasteiger partial charge < -0.3 is 9.80 Å². The minimum Gasteiger partial charge on any atom is -0.378 e. The normalized spacial score (nSPS) is 13.7. The number of sulfonamides is 1. The Balaban J connectivity index is 2.87. The van der Waals surface area contributed by atoms with E-state index in [9.17, 15) is 8.42 Å². The molecule has 2 N–H and O–H groups in total. The molecule has 0 aliphatic heterocycles. The number of nitrogens with one attached hydrogen (secondary N) is 2. The molecule has 0 radical (unpaired) electrons. The van der Waals surface area contributed by atoms with E-state index in [1.165, 1.54) is 4.90 Å². The summed E-state index contributed by atoms with van der Waals surface area (Å²) in [5.74, 6) is 0. The van der Waals surface area contributed by atoms with Crippen molar-refractivity contribution in [3.63, 3.8) is 0 Å². The highest BCUT2D eigenvalue weighted by molar-refractivity contribution is 7.90. The lowest BCUT2D eigenvalue weighted by Crippen LogP contribution is -3.07. The summed E-state index contributed by atoms with van der Waals surface area (Å²) in [5.41, 5.74) is 2.26. The number of anilines is 1. The SMILES string of the molecule is CC(C)S(=O)(=O)NC[C@H](c1ccc(N(C)C)cc1)[NH+](C)C. The quantitative estimate of drug-likeness (QED) is 0.759. The predicted molar refractivity (Wildman–Crippen MR) is 88.4 cm³/mol. The Morgan fingerprint density at radius 3 is 2.05 bits per heavy atom. The molecular formula is C15H28N3O2S+. The molecule has 0 aliphatic carbocycles. The van der Waals surface area contributed by atoms with Gasteiger partial charge in [-0.2, -0.15) is 0 Å². The van der Waals surface area contributed by atoms with Crippen molar-refractivity contribution in [1.82, 2.24) is 4.72 Å². The molecule has 5 nitrogen and oxygen atoms in total. The van der Waals surface area contributed by atoms with E-state index in [1.807, 2.05) is 33.1 Å². The lowest BCUT2D eigenvalue weighted by atomic mass is 10.1. The van der Waals surface area contributed by atoms with Gasteiger partial charge >= 0.3 is 0 Å². The molecule has 0 saturated carbocycles. The smallest absolute Gasteiger partial charge is 0.214 e. The number of benzene rings is 1. The topological polar surface area (TPSA) is 53.9 Å². The zero-order valence-electron chi connectivity index (χ0n) is 13.8. The number of hydrogen-bond acceptors (Lipinski definition) is 3. The van der Waals surface area contributed by atoms with E-state index in [1.54, 1.807) is 13.8 Å². The van der Waals surface area contributed by atoms with Crippen LogP contribution in [0.3, 0.4) is 0 Å². The van der Waals surface area contributed by atoms with Crippen LogP contribution in [0.25, 0.3) is 0 Å². The Morgan fingerprint density at radius 2 is 1.67 bits per heavy atom. The highest BCUT2D eigenvalue weighted by Gasteiger charge is 2.22. The van der Waals surface area contributed by atoms with Crippen molar-refractivity contribution in [1.29, 1.82) is 0 Å². The molecule has 0 unspecified atom stereocenters. The molecule has 21 heavy (non-hydrogen) atoms. The largest absolute Gasteiger partial charge is 0.378 e. The van der Waals surface area contributed by atoms with Gasteiger partial charge in [0.2, 0.25) is 10.0 Å². The van der Waals surface area contributed by atoms with Crippen LogP contribution in [0.1, 0.15) is 25.5 Å². The van der Waals surface area contributed by atoms with E-state index in [2.05, 4.69) is 29.0 Å². The minimum absolute atomic E-state index is 0.0923. The molecule has 0 aliphatic rings. The van der Waals surface area contributed by atoms with Crippen LogP contribution in [0.5, 0.6) is 0 Å². The molecule has 0 aromatic heterocycles. The molecule has 6 heteroatoms.